The molecule has 1 aromatic rings. The van der Waals surface area contributed by atoms with E-state index in [9.17, 15) is 9.90 Å². The van der Waals surface area contributed by atoms with Crippen LogP contribution in [0.4, 0.5) is 0 Å². The molecule has 1 amide bonds. The van der Waals surface area contributed by atoms with E-state index in [-0.39, 0.29) is 17.9 Å². The average molecular weight is 293 g/mol. The third-order valence-corrected chi connectivity index (χ3v) is 3.22. The van der Waals surface area contributed by atoms with Crippen LogP contribution in [0.15, 0.2) is 24.3 Å². The number of amides is 1. The maximum atomic E-state index is 11.6. The summed E-state index contributed by atoms with van der Waals surface area (Å²) in [5, 5.41) is 12.5. The topological polar surface area (TPSA) is 58.6 Å². The first kappa shape index (κ1) is 17.5. The number of benzene rings is 1. The Morgan fingerprint density at radius 3 is 2.43 bits per heavy atom. The Labute approximate surface area is 127 Å². The summed E-state index contributed by atoms with van der Waals surface area (Å²) in [7, 11) is 0. The Morgan fingerprint density at radius 1 is 1.29 bits per heavy atom. The maximum absolute atomic E-state index is 11.6. The summed E-state index contributed by atoms with van der Waals surface area (Å²) in [5.41, 5.74) is 1.07. The number of carbonyl (C=O) groups excluding carboxylic acids is 1. The zero-order valence-corrected chi connectivity index (χ0v) is 13.5. The minimum atomic E-state index is -0.445. The Hall–Kier alpha value is -1.55. The summed E-state index contributed by atoms with van der Waals surface area (Å²) >= 11 is 0. The van der Waals surface area contributed by atoms with Gasteiger partial charge in [-0.05, 0) is 36.0 Å². The fraction of sp³-hybridized carbons (Fsp3) is 0.588. The predicted molar refractivity (Wildman–Crippen MR) is 84.3 cm³/mol. The first-order valence-corrected chi connectivity index (χ1v) is 7.49. The zero-order valence-electron chi connectivity index (χ0n) is 13.5. The summed E-state index contributed by atoms with van der Waals surface area (Å²) in [6.07, 6.45) is 1.17. The van der Waals surface area contributed by atoms with Crippen LogP contribution in [-0.4, -0.2) is 24.2 Å². The molecule has 0 aliphatic heterocycles. The molecular weight excluding hydrogens is 266 g/mol. The van der Waals surface area contributed by atoms with E-state index in [1.165, 1.54) is 0 Å². The summed E-state index contributed by atoms with van der Waals surface area (Å²) in [4.78, 5) is 11.6. The highest BCUT2D eigenvalue weighted by Gasteiger charge is 2.11. The Kier molecular flexibility index (Phi) is 6.69. The third-order valence-electron chi connectivity index (χ3n) is 3.22. The van der Waals surface area contributed by atoms with E-state index >= 15 is 0 Å². The largest absolute Gasteiger partial charge is 0.484 e. The highest BCUT2D eigenvalue weighted by Crippen LogP contribution is 2.20. The second-order valence-electron chi connectivity index (χ2n) is 6.44. The van der Waals surface area contributed by atoms with E-state index in [2.05, 4.69) is 26.1 Å². The number of hydrogen-bond donors (Lipinski definition) is 2. The number of rotatable bonds is 7. The molecule has 1 aromatic carbocycles. The molecule has 0 aromatic heterocycles. The fourth-order valence-electron chi connectivity index (χ4n) is 1.80. The molecule has 0 heterocycles. The SMILES string of the molecule is CCC(O)c1ccc(OCC(=O)NCCC(C)(C)C)cc1. The van der Waals surface area contributed by atoms with Crippen LogP contribution < -0.4 is 10.1 Å². The minimum absolute atomic E-state index is 0.0137. The lowest BCUT2D eigenvalue weighted by Crippen LogP contribution is -2.31. The summed E-state index contributed by atoms with van der Waals surface area (Å²) in [6, 6.07) is 7.19. The zero-order chi connectivity index (χ0) is 15.9. The third kappa shape index (κ3) is 7.14. The van der Waals surface area contributed by atoms with E-state index < -0.39 is 6.10 Å². The van der Waals surface area contributed by atoms with Gasteiger partial charge in [0.25, 0.3) is 5.91 Å². The van der Waals surface area contributed by atoms with Crippen LogP contribution in [0.5, 0.6) is 5.75 Å². The van der Waals surface area contributed by atoms with Crippen molar-refractivity contribution in [2.45, 2.75) is 46.6 Å². The molecule has 1 unspecified atom stereocenters. The molecule has 1 atom stereocenters. The number of ether oxygens (including phenoxy) is 1. The number of carbonyl (C=O) groups is 1. The summed E-state index contributed by atoms with van der Waals surface area (Å²) < 4.78 is 5.43. The molecule has 0 fully saturated rings. The molecule has 21 heavy (non-hydrogen) atoms. The molecule has 0 radical (unpaired) electrons. The Morgan fingerprint density at radius 2 is 1.90 bits per heavy atom. The van der Waals surface area contributed by atoms with Crippen molar-refractivity contribution >= 4 is 5.91 Å². The quantitative estimate of drug-likeness (QED) is 0.812. The van der Waals surface area contributed by atoms with E-state index in [0.29, 0.717) is 18.7 Å². The van der Waals surface area contributed by atoms with E-state index in [0.717, 1.165) is 12.0 Å². The molecule has 0 spiro atoms. The molecule has 0 saturated heterocycles. The van der Waals surface area contributed by atoms with Crippen LogP contribution in [0, 0.1) is 5.41 Å². The fourth-order valence-corrected chi connectivity index (χ4v) is 1.80. The van der Waals surface area contributed by atoms with E-state index in [1.807, 2.05) is 19.1 Å². The van der Waals surface area contributed by atoms with Gasteiger partial charge in [-0.2, -0.15) is 0 Å². The van der Waals surface area contributed by atoms with Crippen molar-refractivity contribution in [1.82, 2.24) is 5.32 Å². The summed E-state index contributed by atoms with van der Waals surface area (Å²) in [5.74, 6) is 0.518. The minimum Gasteiger partial charge on any atom is -0.484 e. The molecule has 0 aliphatic carbocycles. The Bertz CT molecular complexity index is 434. The molecule has 0 bridgehead atoms. The van der Waals surface area contributed by atoms with Crippen molar-refractivity contribution < 1.29 is 14.6 Å². The number of aliphatic hydroxyl groups excluding tert-OH is 1. The van der Waals surface area contributed by atoms with Crippen LogP contribution in [-0.2, 0) is 4.79 Å². The number of aliphatic hydroxyl groups is 1. The van der Waals surface area contributed by atoms with Crippen LogP contribution in [0.25, 0.3) is 0 Å². The van der Waals surface area contributed by atoms with Gasteiger partial charge in [0, 0.05) is 6.54 Å². The van der Waals surface area contributed by atoms with Gasteiger partial charge in [0.2, 0.25) is 0 Å². The van der Waals surface area contributed by atoms with E-state index in [1.54, 1.807) is 12.1 Å². The lowest BCUT2D eigenvalue weighted by molar-refractivity contribution is -0.123. The molecule has 118 valence electrons. The van der Waals surface area contributed by atoms with Crippen molar-refractivity contribution in [3.8, 4) is 5.75 Å². The van der Waals surface area contributed by atoms with Crippen LogP contribution in [0.1, 0.15) is 52.2 Å². The van der Waals surface area contributed by atoms with Gasteiger partial charge in [-0.25, -0.2) is 0 Å². The molecular formula is C17H27NO3. The van der Waals surface area contributed by atoms with Crippen molar-refractivity contribution in [3.05, 3.63) is 29.8 Å². The molecule has 2 N–H and O–H groups in total. The van der Waals surface area contributed by atoms with Gasteiger partial charge in [-0.15, -0.1) is 0 Å². The smallest absolute Gasteiger partial charge is 0.257 e. The first-order chi connectivity index (χ1) is 9.81. The van der Waals surface area contributed by atoms with Crippen molar-refractivity contribution in [2.24, 2.45) is 5.41 Å². The maximum Gasteiger partial charge on any atom is 0.257 e. The second kappa shape index (κ2) is 8.03. The van der Waals surface area contributed by atoms with Gasteiger partial charge in [0.05, 0.1) is 6.10 Å². The second-order valence-corrected chi connectivity index (χ2v) is 6.44. The standard InChI is InChI=1S/C17H27NO3/c1-5-15(19)13-6-8-14(9-7-13)21-12-16(20)18-11-10-17(2,3)4/h6-9,15,19H,5,10-12H2,1-4H3,(H,18,20). The van der Waals surface area contributed by atoms with Gasteiger partial charge in [0.15, 0.2) is 6.61 Å². The van der Waals surface area contributed by atoms with Gasteiger partial charge in [-0.1, -0.05) is 39.8 Å². The molecule has 4 heteroatoms. The molecule has 1 rings (SSSR count). The number of hydrogen-bond acceptors (Lipinski definition) is 3. The highest BCUT2D eigenvalue weighted by molar-refractivity contribution is 5.77. The van der Waals surface area contributed by atoms with Crippen molar-refractivity contribution in [1.29, 1.82) is 0 Å². The molecule has 0 aliphatic rings. The molecule has 0 saturated carbocycles. The van der Waals surface area contributed by atoms with Crippen LogP contribution >= 0.6 is 0 Å². The van der Waals surface area contributed by atoms with Gasteiger partial charge < -0.3 is 15.2 Å². The normalized spacial score (nSPS) is 12.8. The van der Waals surface area contributed by atoms with Crippen molar-refractivity contribution in [3.63, 3.8) is 0 Å². The lowest BCUT2D eigenvalue weighted by atomic mass is 9.92. The van der Waals surface area contributed by atoms with Gasteiger partial charge in [-0.3, -0.25) is 4.79 Å². The van der Waals surface area contributed by atoms with Crippen molar-refractivity contribution in [2.75, 3.05) is 13.2 Å². The van der Waals surface area contributed by atoms with Crippen LogP contribution in [0.3, 0.4) is 0 Å². The molecule has 4 nitrogen and oxygen atoms in total. The van der Waals surface area contributed by atoms with Gasteiger partial charge >= 0.3 is 0 Å². The average Bonchev–Trinajstić information content (AvgIpc) is 2.43. The monoisotopic (exact) mass is 293 g/mol. The lowest BCUT2D eigenvalue weighted by Gasteiger charge is -2.18. The van der Waals surface area contributed by atoms with Crippen LogP contribution in [0.2, 0.25) is 0 Å². The van der Waals surface area contributed by atoms with E-state index in [4.69, 9.17) is 4.74 Å². The highest BCUT2D eigenvalue weighted by atomic mass is 16.5. The van der Waals surface area contributed by atoms with Gasteiger partial charge in [0.1, 0.15) is 5.75 Å². The Balaban J connectivity index is 2.33. The first-order valence-electron chi connectivity index (χ1n) is 7.49. The predicted octanol–water partition coefficient (Wildman–Crippen LogP) is 3.06. The summed E-state index contributed by atoms with van der Waals surface area (Å²) in [6.45, 7) is 9.02. The number of nitrogens with one attached hydrogen (secondary N) is 1.